The van der Waals surface area contributed by atoms with E-state index in [0.29, 0.717) is 24.9 Å². The van der Waals surface area contributed by atoms with Crippen molar-refractivity contribution in [2.24, 2.45) is 24.8 Å². The maximum absolute atomic E-state index is 14.2. The molecule has 0 radical (unpaired) electrons. The van der Waals surface area contributed by atoms with Crippen molar-refractivity contribution in [2.75, 3.05) is 48.0 Å². The van der Waals surface area contributed by atoms with Crippen molar-refractivity contribution in [1.29, 1.82) is 0 Å². The molecule has 1 fully saturated rings. The third-order valence-corrected chi connectivity index (χ3v) is 16.2. The molecule has 9 atom stereocenters. The number of aryl methyl sites for hydroxylation is 1. The van der Waals surface area contributed by atoms with Gasteiger partial charge in [0.05, 0.1) is 71.1 Å². The molecule has 9 unspecified atom stereocenters. The number of rotatable bonds is 24. The number of para-hydroxylation sites is 2. The number of aromatic nitrogens is 2. The fraction of sp³-hybridized carbons (Fsp3) is 0.633. The van der Waals surface area contributed by atoms with E-state index in [1.807, 2.05) is 95.6 Å². The second kappa shape index (κ2) is 25.3. The number of nitrogens with zero attached hydrogens (tertiary/aromatic N) is 5. The summed E-state index contributed by atoms with van der Waals surface area (Å²) in [7, 11) is 11.2. The number of ether oxygens (including phenoxy) is 3. The molecule has 3 aromatic rings. The zero-order chi connectivity index (χ0) is 49.7. The molecule has 18 heteroatoms. The number of carbonyl (C=O) groups excluding carboxylic acids is 5. The van der Waals surface area contributed by atoms with Gasteiger partial charge in [-0.15, -0.1) is 0 Å². The van der Waals surface area contributed by atoms with Crippen LogP contribution >= 0.6 is 21.6 Å². The van der Waals surface area contributed by atoms with Gasteiger partial charge in [0.25, 0.3) is 0 Å². The summed E-state index contributed by atoms with van der Waals surface area (Å²) >= 11 is 0. The topological polar surface area (TPSA) is 185 Å². The van der Waals surface area contributed by atoms with Crippen molar-refractivity contribution in [1.82, 2.24) is 34.9 Å². The van der Waals surface area contributed by atoms with E-state index in [2.05, 4.69) is 10.6 Å². The first-order chi connectivity index (χ1) is 31.7. The summed E-state index contributed by atoms with van der Waals surface area (Å²) in [5.74, 6) is -2.40. The van der Waals surface area contributed by atoms with Crippen LogP contribution in [-0.2, 0) is 40.4 Å². The SMILES string of the molecule is CCC(C)C(C(CC(=O)N1CCCC1C(OC)C(C)C(=O)NC(C)C(O)c1ccccc1)OC)N(C)C(=O)CNC(=O)C(C(C)C)N(C)C(=O)OCC(C)(C)SSc1nc2ccccc2n1C. The van der Waals surface area contributed by atoms with E-state index in [-0.39, 0.29) is 55.2 Å². The molecule has 1 saturated heterocycles. The number of aliphatic hydroxyl groups is 1. The molecule has 0 bridgehead atoms. The van der Waals surface area contributed by atoms with Crippen molar-refractivity contribution in [3.63, 3.8) is 0 Å². The van der Waals surface area contributed by atoms with Crippen LogP contribution in [0.5, 0.6) is 0 Å². The van der Waals surface area contributed by atoms with E-state index < -0.39 is 59.1 Å². The Kier molecular flexibility index (Phi) is 20.9. The number of imidazole rings is 1. The van der Waals surface area contributed by atoms with Crippen molar-refractivity contribution in [3.05, 3.63) is 60.2 Å². The summed E-state index contributed by atoms with van der Waals surface area (Å²) in [6.45, 7) is 15.3. The molecule has 0 spiro atoms. The molecule has 1 aliphatic heterocycles. The smallest absolute Gasteiger partial charge is 0.410 e. The highest BCUT2D eigenvalue weighted by Gasteiger charge is 2.42. The first-order valence-corrected chi connectivity index (χ1v) is 25.4. The summed E-state index contributed by atoms with van der Waals surface area (Å²) in [5, 5.41) is 17.4. The Morgan fingerprint density at radius 2 is 1.60 bits per heavy atom. The van der Waals surface area contributed by atoms with Crippen molar-refractivity contribution >= 4 is 62.3 Å². The molecule has 1 aliphatic rings. The maximum atomic E-state index is 14.2. The summed E-state index contributed by atoms with van der Waals surface area (Å²) in [4.78, 5) is 78.1. The molecule has 5 amide bonds. The number of benzene rings is 2. The van der Waals surface area contributed by atoms with Gasteiger partial charge in [-0.25, -0.2) is 9.78 Å². The van der Waals surface area contributed by atoms with E-state index in [9.17, 15) is 29.1 Å². The van der Waals surface area contributed by atoms with Crippen LogP contribution in [0.25, 0.3) is 11.0 Å². The fourth-order valence-electron chi connectivity index (χ4n) is 8.84. The minimum atomic E-state index is -0.923. The van der Waals surface area contributed by atoms with Crippen LogP contribution in [0.1, 0.15) is 92.7 Å². The number of nitrogens with one attached hydrogen (secondary N) is 2. The largest absolute Gasteiger partial charge is 0.448 e. The van der Waals surface area contributed by atoms with Crippen LogP contribution in [0.4, 0.5) is 4.79 Å². The zero-order valence-electron chi connectivity index (χ0n) is 41.7. The Morgan fingerprint density at radius 3 is 2.21 bits per heavy atom. The van der Waals surface area contributed by atoms with Gasteiger partial charge in [-0.2, -0.15) is 0 Å². The van der Waals surface area contributed by atoms with E-state index >= 15 is 0 Å². The third-order valence-electron chi connectivity index (χ3n) is 12.9. The molecule has 1 aromatic heterocycles. The number of likely N-dealkylation sites (tertiary alicyclic amines) is 1. The second-order valence-electron chi connectivity index (χ2n) is 18.7. The van der Waals surface area contributed by atoms with Crippen molar-refractivity contribution < 1.29 is 43.3 Å². The van der Waals surface area contributed by atoms with Gasteiger partial charge < -0.3 is 44.3 Å². The molecule has 3 N–H and O–H groups in total. The molecular formula is C49H75N7O9S2. The number of amides is 5. The monoisotopic (exact) mass is 970 g/mol. The molecule has 0 saturated carbocycles. The van der Waals surface area contributed by atoms with Crippen LogP contribution in [0.15, 0.2) is 59.8 Å². The molecule has 372 valence electrons. The first kappa shape index (κ1) is 55.2. The van der Waals surface area contributed by atoms with Gasteiger partial charge in [-0.05, 0) is 73.9 Å². The number of aliphatic hydroxyl groups excluding tert-OH is 1. The van der Waals surface area contributed by atoms with Gasteiger partial charge in [0.2, 0.25) is 23.6 Å². The van der Waals surface area contributed by atoms with Gasteiger partial charge in [-0.1, -0.05) is 94.3 Å². The lowest BCUT2D eigenvalue weighted by Crippen LogP contribution is -2.56. The Morgan fingerprint density at radius 1 is 0.940 bits per heavy atom. The first-order valence-electron chi connectivity index (χ1n) is 23.3. The van der Waals surface area contributed by atoms with Crippen LogP contribution in [0, 0.1) is 17.8 Å². The van der Waals surface area contributed by atoms with E-state index in [1.54, 1.807) is 42.8 Å². The molecule has 0 aliphatic carbocycles. The number of methoxy groups -OCH3 is 2. The average molecular weight is 970 g/mol. The Balaban J connectivity index is 1.34. The summed E-state index contributed by atoms with van der Waals surface area (Å²) < 4.78 is 19.2. The predicted molar refractivity (Wildman–Crippen MR) is 264 cm³/mol. The number of fused-ring (bicyclic) bond motifs is 1. The number of hydrogen-bond acceptors (Lipinski definition) is 12. The van der Waals surface area contributed by atoms with Gasteiger partial charge in [-0.3, -0.25) is 24.1 Å². The number of carbonyl (C=O) groups is 5. The highest BCUT2D eigenvalue weighted by molar-refractivity contribution is 8.77. The van der Waals surface area contributed by atoms with Crippen molar-refractivity contribution in [2.45, 2.75) is 133 Å². The van der Waals surface area contributed by atoms with E-state index in [4.69, 9.17) is 19.2 Å². The Labute approximate surface area is 405 Å². The minimum absolute atomic E-state index is 0.0281. The number of likely N-dealkylation sites (N-methyl/N-ethyl adjacent to an activating group) is 2. The highest BCUT2D eigenvalue weighted by atomic mass is 33.1. The molecule has 16 nitrogen and oxygen atoms in total. The highest BCUT2D eigenvalue weighted by Crippen LogP contribution is 2.41. The van der Waals surface area contributed by atoms with Crippen LogP contribution in [0.2, 0.25) is 0 Å². The molecule has 2 aromatic carbocycles. The molecule has 2 heterocycles. The Bertz CT molecular complexity index is 2110. The van der Waals surface area contributed by atoms with Gasteiger partial charge in [0.15, 0.2) is 5.16 Å². The molecule has 67 heavy (non-hydrogen) atoms. The van der Waals surface area contributed by atoms with E-state index in [0.717, 1.165) is 22.6 Å². The number of hydrogen-bond donors (Lipinski definition) is 3. The lowest BCUT2D eigenvalue weighted by Gasteiger charge is -2.39. The van der Waals surface area contributed by atoms with E-state index in [1.165, 1.54) is 47.8 Å². The zero-order valence-corrected chi connectivity index (χ0v) is 43.3. The van der Waals surface area contributed by atoms with Crippen molar-refractivity contribution in [3.8, 4) is 0 Å². The predicted octanol–water partition coefficient (Wildman–Crippen LogP) is 6.46. The van der Waals surface area contributed by atoms with Gasteiger partial charge in [0, 0.05) is 41.9 Å². The molecule has 4 rings (SSSR count). The quantitative estimate of drug-likeness (QED) is 0.0835. The van der Waals surface area contributed by atoms with Crippen LogP contribution in [-0.4, -0.2) is 148 Å². The summed E-state index contributed by atoms with van der Waals surface area (Å²) in [5.41, 5.74) is 2.62. The van der Waals surface area contributed by atoms with Gasteiger partial charge >= 0.3 is 6.09 Å². The lowest BCUT2D eigenvalue weighted by molar-refractivity contribution is -0.146. The maximum Gasteiger partial charge on any atom is 0.410 e. The summed E-state index contributed by atoms with van der Waals surface area (Å²) in [6.07, 6.45) is -0.850. The van der Waals surface area contributed by atoms with Crippen LogP contribution < -0.4 is 10.6 Å². The second-order valence-corrected chi connectivity index (χ2v) is 21.5. The molecular weight excluding hydrogens is 895 g/mol. The van der Waals surface area contributed by atoms with Gasteiger partial charge in [0.1, 0.15) is 12.6 Å². The minimum Gasteiger partial charge on any atom is -0.448 e. The Hall–Kier alpha value is -4.36. The van der Waals surface area contributed by atoms with Crippen LogP contribution in [0.3, 0.4) is 0 Å². The lowest BCUT2D eigenvalue weighted by atomic mass is 9.90. The normalized spacial score (nSPS) is 17.8. The third kappa shape index (κ3) is 14.3. The summed E-state index contributed by atoms with van der Waals surface area (Å²) in [6, 6.07) is 14.6. The standard InChI is InChI=1S/C49H75N7O9S2/c1-14-31(4)42(38(63-12)27-39(57)56-26-20-25-37(56)44(64-13)32(5)45(60)51-33(6)43(59)34-21-16-15-17-22-34)54(10)40(58)28-50-46(61)41(30(2)3)55(11)48(62)65-29-49(7,8)67-66-47-52-35-23-18-19-24-36(35)53(47)9/h15-19,21-24,30-33,37-38,41-44,59H,14,20,25-29H2,1-13H3,(H,50,61)(H,51,60). The average Bonchev–Trinajstić information content (AvgIpc) is 3.93. The fourth-order valence-corrected chi connectivity index (χ4v) is 11.1.